The molecule has 3 unspecified atom stereocenters. The summed E-state index contributed by atoms with van der Waals surface area (Å²) in [5.41, 5.74) is 0.374. The van der Waals surface area contributed by atoms with E-state index in [1.807, 2.05) is 30.4 Å². The number of hydrogen-bond donors (Lipinski definition) is 2. The number of methoxy groups -OCH3 is 1. The number of para-hydroxylation sites is 1. The highest BCUT2D eigenvalue weighted by atomic mass is 35.5. The largest absolute Gasteiger partial charge is 0.496 e. The number of aliphatic hydroxyl groups is 2. The number of allylic oxidation sites excluding steroid dienone is 2. The van der Waals surface area contributed by atoms with Crippen LogP contribution in [0.15, 0.2) is 42.5 Å². The van der Waals surface area contributed by atoms with Gasteiger partial charge in [0.25, 0.3) is 0 Å². The zero-order valence-corrected chi connectivity index (χ0v) is 16.7. The molecule has 1 saturated heterocycles. The summed E-state index contributed by atoms with van der Waals surface area (Å²) in [5.74, 6) is 0.794. The minimum atomic E-state index is -0.640. The number of hydrogen-bond acceptors (Lipinski definition) is 4. The van der Waals surface area contributed by atoms with E-state index in [4.69, 9.17) is 21.4 Å². The molecule has 2 aliphatic rings. The van der Waals surface area contributed by atoms with Gasteiger partial charge in [0.15, 0.2) is 0 Å². The molecule has 0 bridgehead atoms. The minimum Gasteiger partial charge on any atom is -0.496 e. The number of likely N-dealkylation sites (tertiary alicyclic amines) is 1. The second-order valence-corrected chi connectivity index (χ2v) is 8.07. The third kappa shape index (κ3) is 4.09. The fourth-order valence-electron chi connectivity index (χ4n) is 4.21. The van der Waals surface area contributed by atoms with E-state index in [0.29, 0.717) is 12.8 Å². The Morgan fingerprint density at radius 1 is 1.26 bits per heavy atom. The Hall–Kier alpha value is -1.33. The lowest BCUT2D eigenvalue weighted by molar-refractivity contribution is 0.0316. The molecule has 1 radical (unpaired) electrons. The van der Waals surface area contributed by atoms with E-state index in [1.54, 1.807) is 7.11 Å². The Labute approximate surface area is 167 Å². The first-order valence-corrected chi connectivity index (χ1v) is 10.1. The van der Waals surface area contributed by atoms with Gasteiger partial charge in [-0.05, 0) is 37.8 Å². The van der Waals surface area contributed by atoms with Crippen molar-refractivity contribution in [2.75, 3.05) is 26.9 Å². The molecule has 3 rings (SSSR count). The molecule has 1 aliphatic heterocycles. The molecule has 1 heterocycles. The van der Waals surface area contributed by atoms with Crippen molar-refractivity contribution in [3.8, 4) is 5.75 Å². The van der Waals surface area contributed by atoms with Crippen molar-refractivity contribution < 1.29 is 14.9 Å². The van der Waals surface area contributed by atoms with Crippen LogP contribution in [0.25, 0.3) is 0 Å². The van der Waals surface area contributed by atoms with Crippen LogP contribution in [0.2, 0.25) is 0 Å². The summed E-state index contributed by atoms with van der Waals surface area (Å²) < 4.78 is 5.66. The van der Waals surface area contributed by atoms with E-state index >= 15 is 0 Å². The van der Waals surface area contributed by atoms with E-state index < -0.39 is 10.4 Å². The maximum Gasteiger partial charge on any atom is 0.124 e. The molecule has 0 spiro atoms. The molecule has 1 aliphatic carbocycles. The standard InChI is InChI=1S/C22H29ClNO3/c1-27-20-9-3-2-8-19(20)22(24-15-5-4-7-18(24)17-26)13-11-21(23,12-14-22)10-6-16-25/h2-3,8-9,11-13,18,25-26H,4-7,10,15-17H2,1H3. The van der Waals surface area contributed by atoms with Crippen LogP contribution in [0.1, 0.15) is 37.7 Å². The normalized spacial score (nSPS) is 31.2. The van der Waals surface area contributed by atoms with Crippen molar-refractivity contribution in [2.24, 2.45) is 0 Å². The average Bonchev–Trinajstić information content (AvgIpc) is 2.73. The third-order valence-electron chi connectivity index (χ3n) is 5.66. The number of rotatable bonds is 7. The number of alkyl halides is 1. The van der Waals surface area contributed by atoms with Crippen molar-refractivity contribution in [3.05, 3.63) is 54.1 Å². The predicted molar refractivity (Wildman–Crippen MR) is 108 cm³/mol. The van der Waals surface area contributed by atoms with Gasteiger partial charge in [0.05, 0.1) is 24.1 Å². The second-order valence-electron chi connectivity index (χ2n) is 7.37. The lowest BCUT2D eigenvalue weighted by atomic mass is 9.78. The van der Waals surface area contributed by atoms with Crippen molar-refractivity contribution in [3.63, 3.8) is 0 Å². The maximum absolute atomic E-state index is 10.0. The minimum absolute atomic E-state index is 0.0643. The van der Waals surface area contributed by atoms with Gasteiger partial charge in [-0.3, -0.25) is 4.90 Å². The quantitative estimate of drug-likeness (QED) is 0.553. The molecular weight excluding hydrogens is 362 g/mol. The van der Waals surface area contributed by atoms with Gasteiger partial charge in [-0.15, -0.1) is 11.6 Å². The summed E-state index contributed by atoms with van der Waals surface area (Å²) in [6, 6.07) is 8.04. The van der Waals surface area contributed by atoms with Gasteiger partial charge in [-0.25, -0.2) is 0 Å². The first kappa shape index (κ1) is 20.4. The number of aliphatic hydroxyl groups excluding tert-OH is 2. The molecule has 0 amide bonds. The molecule has 1 aromatic rings. The van der Waals surface area contributed by atoms with E-state index in [2.05, 4.69) is 23.1 Å². The molecule has 27 heavy (non-hydrogen) atoms. The van der Waals surface area contributed by atoms with Crippen molar-refractivity contribution in [1.82, 2.24) is 4.90 Å². The lowest BCUT2D eigenvalue weighted by Gasteiger charge is -2.48. The molecule has 0 aromatic heterocycles. The summed E-state index contributed by atoms with van der Waals surface area (Å²) >= 11 is 6.74. The molecular formula is C22H29ClNO3. The topological polar surface area (TPSA) is 52.9 Å². The van der Waals surface area contributed by atoms with Crippen LogP contribution in [-0.2, 0) is 5.54 Å². The molecule has 5 heteroatoms. The number of halogens is 1. The van der Waals surface area contributed by atoms with Crippen LogP contribution < -0.4 is 4.74 Å². The van der Waals surface area contributed by atoms with Crippen LogP contribution in [0.5, 0.6) is 5.75 Å². The predicted octanol–water partition coefficient (Wildman–Crippen LogP) is 3.42. The Bertz CT molecular complexity index is 674. The van der Waals surface area contributed by atoms with Crippen molar-refractivity contribution in [2.45, 2.75) is 48.6 Å². The summed E-state index contributed by atoms with van der Waals surface area (Å²) in [7, 11) is 1.68. The number of benzene rings is 1. The van der Waals surface area contributed by atoms with Gasteiger partial charge in [0.1, 0.15) is 5.75 Å². The smallest absolute Gasteiger partial charge is 0.124 e. The van der Waals surface area contributed by atoms with Gasteiger partial charge in [0, 0.05) is 24.8 Å². The number of piperidine rings is 1. The summed E-state index contributed by atoms with van der Waals surface area (Å²) in [4.78, 5) is 1.68. The average molecular weight is 391 g/mol. The highest BCUT2D eigenvalue weighted by Crippen LogP contribution is 2.44. The van der Waals surface area contributed by atoms with Crippen molar-refractivity contribution >= 4 is 11.6 Å². The monoisotopic (exact) mass is 390 g/mol. The Morgan fingerprint density at radius 3 is 2.74 bits per heavy atom. The molecule has 147 valence electrons. The Kier molecular flexibility index (Phi) is 6.64. The lowest BCUT2D eigenvalue weighted by Crippen LogP contribution is -2.54. The molecule has 1 fully saturated rings. The summed E-state index contributed by atoms with van der Waals surface area (Å²) in [5, 5.41) is 19.2. The zero-order valence-electron chi connectivity index (χ0n) is 15.9. The fraction of sp³-hybridized carbons (Fsp3) is 0.545. The highest BCUT2D eigenvalue weighted by Gasteiger charge is 2.44. The van der Waals surface area contributed by atoms with Gasteiger partial charge < -0.3 is 14.9 Å². The van der Waals surface area contributed by atoms with Gasteiger partial charge in [0.2, 0.25) is 0 Å². The molecule has 2 N–H and O–H groups in total. The zero-order chi connectivity index (χ0) is 19.3. The first-order valence-electron chi connectivity index (χ1n) is 9.72. The highest BCUT2D eigenvalue weighted by molar-refractivity contribution is 6.26. The van der Waals surface area contributed by atoms with Gasteiger partial charge in [-0.1, -0.05) is 42.8 Å². The Morgan fingerprint density at radius 2 is 2.07 bits per heavy atom. The van der Waals surface area contributed by atoms with Crippen LogP contribution in [0, 0.1) is 6.08 Å². The van der Waals surface area contributed by atoms with Crippen molar-refractivity contribution in [1.29, 1.82) is 0 Å². The van der Waals surface area contributed by atoms with Gasteiger partial charge >= 0.3 is 0 Å². The maximum atomic E-state index is 10.0. The number of nitrogens with zero attached hydrogens (tertiary/aromatic N) is 1. The molecule has 4 nitrogen and oxygen atoms in total. The van der Waals surface area contributed by atoms with E-state index in [-0.39, 0.29) is 19.3 Å². The first-order chi connectivity index (χ1) is 13.1. The van der Waals surface area contributed by atoms with Gasteiger partial charge in [-0.2, -0.15) is 0 Å². The Balaban J connectivity index is 2.06. The molecule has 1 aromatic carbocycles. The van der Waals surface area contributed by atoms with Crippen LogP contribution in [-0.4, -0.2) is 52.9 Å². The van der Waals surface area contributed by atoms with Crippen LogP contribution in [0.3, 0.4) is 0 Å². The van der Waals surface area contributed by atoms with E-state index in [0.717, 1.165) is 37.1 Å². The van der Waals surface area contributed by atoms with Crippen LogP contribution >= 0.6 is 11.6 Å². The van der Waals surface area contributed by atoms with Crippen LogP contribution in [0.4, 0.5) is 0 Å². The van der Waals surface area contributed by atoms with E-state index in [1.165, 1.54) is 0 Å². The second kappa shape index (κ2) is 8.78. The third-order valence-corrected chi connectivity index (χ3v) is 6.08. The SMILES string of the molecule is COc1ccccc1C1(N2CCCCC2CO)[C]=CC(Cl)(CCCO)C=C1. The molecule has 3 atom stereocenters. The molecule has 0 saturated carbocycles. The number of ether oxygens (including phenoxy) is 1. The summed E-state index contributed by atoms with van der Waals surface area (Å²) in [6.07, 6.45) is 14.0. The summed E-state index contributed by atoms with van der Waals surface area (Å²) in [6.45, 7) is 1.11. The fourth-order valence-corrected chi connectivity index (χ4v) is 4.46. The van der Waals surface area contributed by atoms with E-state index in [9.17, 15) is 5.11 Å².